The summed E-state index contributed by atoms with van der Waals surface area (Å²) in [6.07, 6.45) is 0. The highest BCUT2D eigenvalue weighted by Gasteiger charge is 2.14. The van der Waals surface area contributed by atoms with E-state index in [1.165, 1.54) is 11.1 Å². The molecule has 0 aliphatic rings. The summed E-state index contributed by atoms with van der Waals surface area (Å²) in [6.45, 7) is 5.77. The van der Waals surface area contributed by atoms with Gasteiger partial charge in [0.15, 0.2) is 0 Å². The van der Waals surface area contributed by atoms with Gasteiger partial charge in [-0.3, -0.25) is 4.79 Å². The predicted molar refractivity (Wildman–Crippen MR) is 70.2 cm³/mol. The summed E-state index contributed by atoms with van der Waals surface area (Å²) in [7, 11) is 1.75. The van der Waals surface area contributed by atoms with E-state index < -0.39 is 6.04 Å². The third-order valence-corrected chi connectivity index (χ3v) is 2.60. The Bertz CT molecular complexity index is 377. The van der Waals surface area contributed by atoms with Crippen LogP contribution >= 0.6 is 12.4 Å². The van der Waals surface area contributed by atoms with Gasteiger partial charge >= 0.3 is 0 Å². The highest BCUT2D eigenvalue weighted by molar-refractivity contribution is 5.96. The van der Waals surface area contributed by atoms with E-state index in [1.807, 2.05) is 32.0 Å². The number of anilines is 1. The van der Waals surface area contributed by atoms with E-state index in [4.69, 9.17) is 5.73 Å². The minimum Gasteiger partial charge on any atom is -0.320 e. The number of carbonyl (C=O) groups is 1. The van der Waals surface area contributed by atoms with Gasteiger partial charge in [0.1, 0.15) is 0 Å². The van der Waals surface area contributed by atoms with E-state index in [0.717, 1.165) is 5.69 Å². The van der Waals surface area contributed by atoms with E-state index in [2.05, 4.69) is 0 Å². The van der Waals surface area contributed by atoms with Crippen molar-refractivity contribution >= 4 is 24.0 Å². The first-order valence-corrected chi connectivity index (χ1v) is 5.04. The van der Waals surface area contributed by atoms with Crippen molar-refractivity contribution in [3.8, 4) is 0 Å². The summed E-state index contributed by atoms with van der Waals surface area (Å²) in [5.41, 5.74) is 8.84. The fourth-order valence-corrected chi connectivity index (χ4v) is 1.37. The number of aryl methyl sites for hydroxylation is 2. The Kier molecular flexibility index (Phi) is 5.48. The van der Waals surface area contributed by atoms with Crippen LogP contribution in [0.2, 0.25) is 0 Å². The number of nitrogens with two attached hydrogens (primary N) is 1. The van der Waals surface area contributed by atoms with Crippen LogP contribution in [0.1, 0.15) is 18.1 Å². The molecule has 0 saturated heterocycles. The molecule has 0 unspecified atom stereocenters. The molecule has 0 heterocycles. The van der Waals surface area contributed by atoms with Crippen molar-refractivity contribution in [1.82, 2.24) is 0 Å². The summed E-state index contributed by atoms with van der Waals surface area (Å²) in [5.74, 6) is -0.0711. The standard InChI is InChI=1S/C12H18N2O.ClH/c1-8-5-6-11(7-9(8)2)14(4)12(15)10(3)13;/h5-7,10H,13H2,1-4H3;1H/t10-;/m0./s1. The van der Waals surface area contributed by atoms with Crippen molar-refractivity contribution in [2.45, 2.75) is 26.8 Å². The van der Waals surface area contributed by atoms with E-state index in [0.29, 0.717) is 0 Å². The zero-order chi connectivity index (χ0) is 11.6. The maximum Gasteiger partial charge on any atom is 0.243 e. The van der Waals surface area contributed by atoms with Crippen molar-refractivity contribution in [3.05, 3.63) is 29.3 Å². The number of carbonyl (C=O) groups excluding carboxylic acids is 1. The fourth-order valence-electron chi connectivity index (χ4n) is 1.37. The summed E-state index contributed by atoms with van der Waals surface area (Å²) in [4.78, 5) is 13.2. The molecule has 3 nitrogen and oxygen atoms in total. The zero-order valence-corrected chi connectivity index (χ0v) is 11.0. The SMILES string of the molecule is Cc1ccc(N(C)C(=O)[C@H](C)N)cc1C.Cl. The number of hydrogen-bond acceptors (Lipinski definition) is 2. The van der Waals surface area contributed by atoms with Crippen LogP contribution in [0.4, 0.5) is 5.69 Å². The fraction of sp³-hybridized carbons (Fsp3) is 0.417. The van der Waals surface area contributed by atoms with Crippen LogP contribution in [0.25, 0.3) is 0 Å². The van der Waals surface area contributed by atoms with Crippen LogP contribution < -0.4 is 10.6 Å². The van der Waals surface area contributed by atoms with Crippen LogP contribution in [0.5, 0.6) is 0 Å². The van der Waals surface area contributed by atoms with E-state index >= 15 is 0 Å². The second-order valence-electron chi connectivity index (χ2n) is 3.95. The van der Waals surface area contributed by atoms with Gasteiger partial charge in [0.2, 0.25) is 5.91 Å². The Balaban J connectivity index is 0.00000225. The van der Waals surface area contributed by atoms with Crippen molar-refractivity contribution in [3.63, 3.8) is 0 Å². The molecule has 4 heteroatoms. The summed E-state index contributed by atoms with van der Waals surface area (Å²) in [5, 5.41) is 0. The summed E-state index contributed by atoms with van der Waals surface area (Å²) < 4.78 is 0. The molecule has 16 heavy (non-hydrogen) atoms. The largest absolute Gasteiger partial charge is 0.320 e. The number of rotatable bonds is 2. The first-order valence-electron chi connectivity index (χ1n) is 5.04. The number of nitrogens with zero attached hydrogens (tertiary/aromatic N) is 1. The topological polar surface area (TPSA) is 46.3 Å². The van der Waals surface area contributed by atoms with E-state index in [1.54, 1.807) is 18.9 Å². The number of benzene rings is 1. The normalized spacial score (nSPS) is 11.6. The smallest absolute Gasteiger partial charge is 0.243 e. The molecule has 0 aromatic heterocycles. The minimum atomic E-state index is -0.461. The van der Waals surface area contributed by atoms with Crippen molar-refractivity contribution < 1.29 is 4.79 Å². The molecular formula is C12H19ClN2O. The van der Waals surface area contributed by atoms with Crippen LogP contribution in [0, 0.1) is 13.8 Å². The van der Waals surface area contributed by atoms with Crippen LogP contribution in [-0.2, 0) is 4.79 Å². The molecule has 90 valence electrons. The molecule has 1 aromatic carbocycles. The number of hydrogen-bond donors (Lipinski definition) is 1. The molecule has 0 aliphatic carbocycles. The predicted octanol–water partition coefficient (Wildman–Crippen LogP) is 2.04. The molecule has 1 amide bonds. The average molecular weight is 243 g/mol. The third-order valence-electron chi connectivity index (χ3n) is 2.60. The third kappa shape index (κ3) is 3.22. The molecule has 1 rings (SSSR count). The van der Waals surface area contributed by atoms with Crippen molar-refractivity contribution in [1.29, 1.82) is 0 Å². The lowest BCUT2D eigenvalue weighted by atomic mass is 10.1. The second-order valence-corrected chi connectivity index (χ2v) is 3.95. The molecule has 1 aromatic rings. The van der Waals surface area contributed by atoms with Crippen LogP contribution in [0.3, 0.4) is 0 Å². The lowest BCUT2D eigenvalue weighted by Gasteiger charge is -2.20. The Morgan fingerprint density at radius 3 is 2.31 bits per heavy atom. The van der Waals surface area contributed by atoms with Crippen LogP contribution in [-0.4, -0.2) is 19.0 Å². The molecule has 0 saturated carbocycles. The number of likely N-dealkylation sites (N-methyl/N-ethyl adjacent to an activating group) is 1. The van der Waals surface area contributed by atoms with Gasteiger partial charge in [0, 0.05) is 12.7 Å². The van der Waals surface area contributed by atoms with Crippen LogP contribution in [0.15, 0.2) is 18.2 Å². The van der Waals surface area contributed by atoms with E-state index in [9.17, 15) is 4.79 Å². The number of halogens is 1. The van der Waals surface area contributed by atoms with Gasteiger partial charge < -0.3 is 10.6 Å². The Morgan fingerprint density at radius 1 is 1.31 bits per heavy atom. The molecule has 1 atom stereocenters. The average Bonchev–Trinajstić information content (AvgIpc) is 2.19. The first-order chi connectivity index (χ1) is 6.93. The Morgan fingerprint density at radius 2 is 1.88 bits per heavy atom. The van der Waals surface area contributed by atoms with Gasteiger partial charge in [0.25, 0.3) is 0 Å². The lowest BCUT2D eigenvalue weighted by molar-refractivity contribution is -0.119. The minimum absolute atomic E-state index is 0. The maximum absolute atomic E-state index is 11.6. The van der Waals surface area contributed by atoms with Gasteiger partial charge in [-0.05, 0) is 44.0 Å². The summed E-state index contributed by atoms with van der Waals surface area (Å²) >= 11 is 0. The van der Waals surface area contributed by atoms with E-state index in [-0.39, 0.29) is 18.3 Å². The molecule has 0 radical (unpaired) electrons. The van der Waals surface area contributed by atoms with Gasteiger partial charge in [0.05, 0.1) is 6.04 Å². The lowest BCUT2D eigenvalue weighted by Crippen LogP contribution is -2.39. The zero-order valence-electron chi connectivity index (χ0n) is 10.2. The summed E-state index contributed by atoms with van der Waals surface area (Å²) in [6, 6.07) is 5.48. The quantitative estimate of drug-likeness (QED) is 0.863. The van der Waals surface area contributed by atoms with Crippen molar-refractivity contribution in [2.75, 3.05) is 11.9 Å². The molecule has 0 bridgehead atoms. The number of amides is 1. The first kappa shape index (κ1) is 14.9. The Hall–Kier alpha value is -1.06. The molecule has 0 spiro atoms. The van der Waals surface area contributed by atoms with Gasteiger partial charge in [-0.15, -0.1) is 12.4 Å². The second kappa shape index (κ2) is 5.87. The highest BCUT2D eigenvalue weighted by Crippen LogP contribution is 2.17. The Labute approximate surface area is 103 Å². The molecule has 0 aliphatic heterocycles. The molecule has 2 N–H and O–H groups in total. The monoisotopic (exact) mass is 242 g/mol. The maximum atomic E-state index is 11.6. The van der Waals surface area contributed by atoms with Gasteiger partial charge in [-0.1, -0.05) is 6.07 Å². The van der Waals surface area contributed by atoms with Gasteiger partial charge in [-0.2, -0.15) is 0 Å². The van der Waals surface area contributed by atoms with Gasteiger partial charge in [-0.25, -0.2) is 0 Å². The molecule has 0 fully saturated rings. The molecular weight excluding hydrogens is 224 g/mol. The highest BCUT2D eigenvalue weighted by atomic mass is 35.5. The van der Waals surface area contributed by atoms with Crippen molar-refractivity contribution in [2.24, 2.45) is 5.73 Å².